The van der Waals surface area contributed by atoms with E-state index < -0.39 is 5.60 Å². The molecular weight excluding hydrogens is 204 g/mol. The molecule has 4 heteroatoms. The van der Waals surface area contributed by atoms with E-state index in [0.29, 0.717) is 6.54 Å². The third-order valence-electron chi connectivity index (χ3n) is 3.16. The molecule has 0 bridgehead atoms. The molecule has 94 valence electrons. The van der Waals surface area contributed by atoms with Gasteiger partial charge in [-0.05, 0) is 26.7 Å². The molecule has 0 radical (unpaired) electrons. The first-order chi connectivity index (χ1) is 7.54. The van der Waals surface area contributed by atoms with Crippen LogP contribution >= 0.6 is 0 Å². The summed E-state index contributed by atoms with van der Waals surface area (Å²) in [5, 5.41) is 12.9. The third-order valence-corrected chi connectivity index (χ3v) is 3.16. The second kappa shape index (κ2) is 5.00. The van der Waals surface area contributed by atoms with Crippen molar-refractivity contribution in [2.75, 3.05) is 32.8 Å². The van der Waals surface area contributed by atoms with Crippen molar-refractivity contribution in [3.05, 3.63) is 0 Å². The van der Waals surface area contributed by atoms with E-state index in [-0.39, 0.29) is 6.10 Å². The lowest BCUT2D eigenvalue weighted by molar-refractivity contribution is -0.0323. The summed E-state index contributed by atoms with van der Waals surface area (Å²) in [5.41, 5.74) is -0.634. The number of hydrogen-bond acceptors (Lipinski definition) is 4. The first-order valence-corrected chi connectivity index (χ1v) is 6.33. The Hall–Kier alpha value is -0.160. The number of hydrogen-bond donors (Lipinski definition) is 2. The number of morpholine rings is 1. The first kappa shape index (κ1) is 12.3. The lowest BCUT2D eigenvalue weighted by Crippen LogP contribution is -2.49. The van der Waals surface area contributed by atoms with Gasteiger partial charge in [-0.15, -0.1) is 0 Å². The highest BCUT2D eigenvalue weighted by Gasteiger charge is 2.32. The van der Waals surface area contributed by atoms with Gasteiger partial charge in [-0.1, -0.05) is 0 Å². The highest BCUT2D eigenvalue weighted by molar-refractivity contribution is 4.88. The van der Waals surface area contributed by atoms with E-state index in [1.54, 1.807) is 0 Å². The monoisotopic (exact) mass is 228 g/mol. The van der Waals surface area contributed by atoms with Gasteiger partial charge in [-0.2, -0.15) is 0 Å². The molecule has 2 N–H and O–H groups in total. The second-order valence-corrected chi connectivity index (χ2v) is 5.66. The number of aliphatic hydroxyl groups is 1. The van der Waals surface area contributed by atoms with Crippen molar-refractivity contribution in [1.29, 1.82) is 0 Å². The summed E-state index contributed by atoms with van der Waals surface area (Å²) in [6, 6.07) is 0.834. The standard InChI is InChI=1S/C12H24N2O2/c1-12(2,15)9-13-7-11-8-14(5-6-16-11)10-3-4-10/h10-11,13,15H,3-9H2,1-2H3/t11-/m0/s1. The Bertz CT molecular complexity index is 224. The van der Waals surface area contributed by atoms with Crippen LogP contribution in [0.25, 0.3) is 0 Å². The van der Waals surface area contributed by atoms with Crippen molar-refractivity contribution in [3.8, 4) is 0 Å². The smallest absolute Gasteiger partial charge is 0.0826 e. The molecule has 1 heterocycles. The average molecular weight is 228 g/mol. The largest absolute Gasteiger partial charge is 0.389 e. The van der Waals surface area contributed by atoms with Gasteiger partial charge < -0.3 is 15.2 Å². The van der Waals surface area contributed by atoms with Gasteiger partial charge in [0.1, 0.15) is 0 Å². The van der Waals surface area contributed by atoms with Crippen molar-refractivity contribution >= 4 is 0 Å². The molecule has 1 aliphatic heterocycles. The molecule has 1 aliphatic carbocycles. The van der Waals surface area contributed by atoms with Crippen molar-refractivity contribution in [2.24, 2.45) is 0 Å². The molecule has 0 spiro atoms. The highest BCUT2D eigenvalue weighted by atomic mass is 16.5. The van der Waals surface area contributed by atoms with Crippen LogP contribution in [-0.2, 0) is 4.74 Å². The zero-order chi connectivity index (χ0) is 11.6. The van der Waals surface area contributed by atoms with Crippen molar-refractivity contribution < 1.29 is 9.84 Å². The van der Waals surface area contributed by atoms with Crippen LogP contribution in [0.15, 0.2) is 0 Å². The normalized spacial score (nSPS) is 28.3. The Balaban J connectivity index is 1.65. The van der Waals surface area contributed by atoms with Gasteiger partial charge in [0.15, 0.2) is 0 Å². The average Bonchev–Trinajstić information content (AvgIpc) is 2.99. The molecule has 4 nitrogen and oxygen atoms in total. The Kier molecular flexibility index (Phi) is 3.85. The van der Waals surface area contributed by atoms with Gasteiger partial charge >= 0.3 is 0 Å². The van der Waals surface area contributed by atoms with Crippen molar-refractivity contribution in [1.82, 2.24) is 10.2 Å². The van der Waals surface area contributed by atoms with Crippen LogP contribution in [0.3, 0.4) is 0 Å². The molecule has 1 atom stereocenters. The fraction of sp³-hybridized carbons (Fsp3) is 1.00. The molecule has 2 rings (SSSR count). The summed E-state index contributed by atoms with van der Waals surface area (Å²) in [6.07, 6.45) is 3.02. The van der Waals surface area contributed by atoms with Gasteiger partial charge in [0, 0.05) is 32.2 Å². The quantitative estimate of drug-likeness (QED) is 0.706. The summed E-state index contributed by atoms with van der Waals surface area (Å²) in [6.45, 7) is 8.08. The van der Waals surface area contributed by atoms with Crippen LogP contribution < -0.4 is 5.32 Å². The molecule has 16 heavy (non-hydrogen) atoms. The minimum absolute atomic E-state index is 0.289. The van der Waals surface area contributed by atoms with E-state index in [9.17, 15) is 5.11 Å². The van der Waals surface area contributed by atoms with Gasteiger partial charge in [0.2, 0.25) is 0 Å². The highest BCUT2D eigenvalue weighted by Crippen LogP contribution is 2.28. The van der Waals surface area contributed by atoms with Gasteiger partial charge in [-0.25, -0.2) is 0 Å². The van der Waals surface area contributed by atoms with Crippen molar-refractivity contribution in [3.63, 3.8) is 0 Å². The molecule has 1 saturated carbocycles. The molecule has 0 aromatic rings. The Labute approximate surface area is 98.0 Å². The van der Waals surface area contributed by atoms with Crippen molar-refractivity contribution in [2.45, 2.75) is 44.4 Å². The molecule has 0 unspecified atom stereocenters. The lowest BCUT2D eigenvalue weighted by Gasteiger charge is -2.33. The molecule has 2 fully saturated rings. The maximum Gasteiger partial charge on any atom is 0.0826 e. The maximum atomic E-state index is 9.58. The van der Waals surface area contributed by atoms with Gasteiger partial charge in [0.25, 0.3) is 0 Å². The summed E-state index contributed by atoms with van der Waals surface area (Å²) in [5.74, 6) is 0. The molecule has 0 aromatic heterocycles. The number of rotatable bonds is 5. The van der Waals surface area contributed by atoms with Crippen LogP contribution in [0.4, 0.5) is 0 Å². The number of ether oxygens (including phenoxy) is 1. The predicted molar refractivity (Wildman–Crippen MR) is 63.5 cm³/mol. The fourth-order valence-corrected chi connectivity index (χ4v) is 2.18. The number of nitrogens with zero attached hydrogens (tertiary/aromatic N) is 1. The first-order valence-electron chi connectivity index (χ1n) is 6.33. The third kappa shape index (κ3) is 4.01. The fourth-order valence-electron chi connectivity index (χ4n) is 2.18. The molecule has 2 aliphatic rings. The number of nitrogens with one attached hydrogen (secondary N) is 1. The van der Waals surface area contributed by atoms with Crippen LogP contribution in [-0.4, -0.2) is 60.5 Å². The second-order valence-electron chi connectivity index (χ2n) is 5.66. The lowest BCUT2D eigenvalue weighted by atomic mass is 10.1. The van der Waals surface area contributed by atoms with Crippen LogP contribution in [0, 0.1) is 0 Å². The van der Waals surface area contributed by atoms with E-state index in [2.05, 4.69) is 10.2 Å². The maximum absolute atomic E-state index is 9.58. The van der Waals surface area contributed by atoms with E-state index in [4.69, 9.17) is 4.74 Å². The Morgan fingerprint density at radius 3 is 2.81 bits per heavy atom. The summed E-state index contributed by atoms with van der Waals surface area (Å²) in [4.78, 5) is 2.54. The molecular formula is C12H24N2O2. The van der Waals surface area contributed by atoms with Crippen LogP contribution in [0.2, 0.25) is 0 Å². The zero-order valence-electron chi connectivity index (χ0n) is 10.4. The summed E-state index contributed by atoms with van der Waals surface area (Å²) in [7, 11) is 0. The zero-order valence-corrected chi connectivity index (χ0v) is 10.4. The van der Waals surface area contributed by atoms with E-state index >= 15 is 0 Å². The topological polar surface area (TPSA) is 44.7 Å². The Morgan fingerprint density at radius 1 is 1.44 bits per heavy atom. The molecule has 0 amide bonds. The minimum atomic E-state index is -0.634. The summed E-state index contributed by atoms with van der Waals surface area (Å²) < 4.78 is 5.72. The molecule has 1 saturated heterocycles. The van der Waals surface area contributed by atoms with E-state index in [0.717, 1.165) is 32.3 Å². The van der Waals surface area contributed by atoms with Crippen LogP contribution in [0.1, 0.15) is 26.7 Å². The molecule has 0 aromatic carbocycles. The Morgan fingerprint density at radius 2 is 2.19 bits per heavy atom. The SMILES string of the molecule is CC(C)(O)CNC[C@H]1CN(C2CC2)CCO1. The van der Waals surface area contributed by atoms with E-state index in [1.807, 2.05) is 13.8 Å². The van der Waals surface area contributed by atoms with Gasteiger partial charge in [-0.3, -0.25) is 4.90 Å². The minimum Gasteiger partial charge on any atom is -0.389 e. The van der Waals surface area contributed by atoms with Crippen LogP contribution in [0.5, 0.6) is 0 Å². The summed E-state index contributed by atoms with van der Waals surface area (Å²) >= 11 is 0. The predicted octanol–water partition coefficient (Wildman–Crippen LogP) is 0.210. The van der Waals surface area contributed by atoms with E-state index in [1.165, 1.54) is 12.8 Å². The van der Waals surface area contributed by atoms with Gasteiger partial charge in [0.05, 0.1) is 18.3 Å².